The number of hydrogen-bond acceptors (Lipinski definition) is 4. The summed E-state index contributed by atoms with van der Waals surface area (Å²) in [5, 5.41) is 4.07. The lowest BCUT2D eigenvalue weighted by molar-refractivity contribution is -0.127. The van der Waals surface area contributed by atoms with Crippen molar-refractivity contribution >= 4 is 28.4 Å². The molecule has 0 spiro atoms. The molecule has 6 nitrogen and oxygen atoms in total. The minimum atomic E-state index is -0.283. The van der Waals surface area contributed by atoms with Gasteiger partial charge in [-0.15, -0.1) is 0 Å². The molecule has 3 heterocycles. The summed E-state index contributed by atoms with van der Waals surface area (Å²) in [7, 11) is 0. The van der Waals surface area contributed by atoms with Gasteiger partial charge in [0.2, 0.25) is 0 Å². The molecular formula is C21H21FN4O2. The molecule has 2 aromatic heterocycles. The van der Waals surface area contributed by atoms with E-state index in [1.54, 1.807) is 12.1 Å². The number of carbonyl (C=O) groups is 2. The first-order chi connectivity index (χ1) is 13.3. The highest BCUT2D eigenvalue weighted by molar-refractivity contribution is 6.05. The average Bonchev–Trinajstić information content (AvgIpc) is 2.92. The first kappa shape index (κ1) is 18.2. The average molecular weight is 380 g/mol. The molecule has 2 N–H and O–H groups in total. The molecule has 0 atom stereocenters. The lowest BCUT2D eigenvalue weighted by atomic mass is 10.1. The molecule has 1 saturated heterocycles. The van der Waals surface area contributed by atoms with Crippen LogP contribution in [-0.2, 0) is 11.3 Å². The van der Waals surface area contributed by atoms with Crippen molar-refractivity contribution in [2.24, 2.45) is 0 Å². The molecule has 144 valence electrons. The molecule has 1 aliphatic rings. The summed E-state index contributed by atoms with van der Waals surface area (Å²) < 4.78 is 14.2. The Morgan fingerprint density at radius 3 is 2.71 bits per heavy atom. The van der Waals surface area contributed by atoms with Crippen LogP contribution in [0.3, 0.4) is 0 Å². The van der Waals surface area contributed by atoms with Crippen LogP contribution in [-0.4, -0.2) is 39.6 Å². The fourth-order valence-electron chi connectivity index (χ4n) is 3.44. The van der Waals surface area contributed by atoms with E-state index in [4.69, 9.17) is 0 Å². The van der Waals surface area contributed by atoms with E-state index >= 15 is 0 Å². The molecule has 0 saturated carbocycles. The number of fused-ring (bicyclic) bond motifs is 1. The Morgan fingerprint density at radius 2 is 2.04 bits per heavy atom. The van der Waals surface area contributed by atoms with Crippen LogP contribution in [0, 0.1) is 26.6 Å². The number of Topliss-reactive ketones (excluding diaryl/α,β-unsaturated/α-hetero) is 1. The minimum Gasteiger partial charge on any atom is -0.364 e. The van der Waals surface area contributed by atoms with Crippen LogP contribution in [0.2, 0.25) is 0 Å². The molecule has 0 unspecified atom stereocenters. The Balaban J connectivity index is 1.72. The molecule has 4 rings (SSSR count). The lowest BCUT2D eigenvalue weighted by Gasteiger charge is -2.29. The van der Waals surface area contributed by atoms with Gasteiger partial charge >= 0.3 is 0 Å². The second-order valence-corrected chi connectivity index (χ2v) is 7.24. The van der Waals surface area contributed by atoms with Crippen molar-refractivity contribution in [3.8, 4) is 0 Å². The third-order valence-corrected chi connectivity index (χ3v) is 5.32. The Hall–Kier alpha value is -3.22. The lowest BCUT2D eigenvalue weighted by Crippen LogP contribution is -2.50. The van der Waals surface area contributed by atoms with E-state index in [9.17, 15) is 14.0 Å². The van der Waals surface area contributed by atoms with Crippen LogP contribution < -0.4 is 5.32 Å². The van der Waals surface area contributed by atoms with Crippen LogP contribution in [0.15, 0.2) is 24.3 Å². The minimum absolute atomic E-state index is 0.0384. The van der Waals surface area contributed by atoms with Crippen molar-refractivity contribution < 1.29 is 14.0 Å². The third-order valence-electron chi connectivity index (χ3n) is 5.32. The van der Waals surface area contributed by atoms with E-state index < -0.39 is 0 Å². The van der Waals surface area contributed by atoms with Crippen LogP contribution in [0.4, 0.5) is 10.2 Å². The number of benzene rings is 1. The normalized spacial score (nSPS) is 13.7. The highest BCUT2D eigenvalue weighted by Gasteiger charge is 2.30. The zero-order valence-electron chi connectivity index (χ0n) is 16.0. The number of likely N-dealkylation sites (tertiary alicyclic amines) is 1. The van der Waals surface area contributed by atoms with E-state index in [0.29, 0.717) is 11.4 Å². The van der Waals surface area contributed by atoms with E-state index in [0.717, 1.165) is 27.7 Å². The van der Waals surface area contributed by atoms with Crippen LogP contribution in [0.5, 0.6) is 0 Å². The SMILES string of the molecule is Cc1cccc(F)c1CNc1nc(C(=O)N2CC(=O)C2)cc2c(C)c(C)[nH]c12. The molecule has 7 heteroatoms. The fourth-order valence-corrected chi connectivity index (χ4v) is 3.44. The number of H-pyrrole nitrogens is 1. The van der Waals surface area contributed by atoms with Gasteiger partial charge in [-0.3, -0.25) is 9.59 Å². The Bertz CT molecular complexity index is 1090. The quantitative estimate of drug-likeness (QED) is 0.728. The van der Waals surface area contributed by atoms with Crippen molar-refractivity contribution in [1.29, 1.82) is 0 Å². The molecule has 1 aromatic carbocycles. The Kier molecular flexibility index (Phi) is 4.37. The maximum Gasteiger partial charge on any atom is 0.273 e. The molecule has 28 heavy (non-hydrogen) atoms. The molecule has 1 aliphatic heterocycles. The smallest absolute Gasteiger partial charge is 0.273 e. The number of pyridine rings is 1. The van der Waals surface area contributed by atoms with Crippen molar-refractivity contribution in [3.05, 3.63) is 58.2 Å². The van der Waals surface area contributed by atoms with Crippen LogP contribution >= 0.6 is 0 Å². The summed E-state index contributed by atoms with van der Waals surface area (Å²) in [5.74, 6) is -0.0261. The maximum absolute atomic E-state index is 14.2. The van der Waals surface area contributed by atoms with E-state index in [1.165, 1.54) is 11.0 Å². The summed E-state index contributed by atoms with van der Waals surface area (Å²) in [5.41, 5.74) is 4.45. The van der Waals surface area contributed by atoms with E-state index in [-0.39, 0.29) is 42.8 Å². The summed E-state index contributed by atoms with van der Waals surface area (Å²) in [6, 6.07) is 6.71. The predicted octanol–water partition coefficient (Wildman–Crippen LogP) is 3.26. The van der Waals surface area contributed by atoms with Crippen molar-refractivity contribution in [1.82, 2.24) is 14.9 Å². The first-order valence-electron chi connectivity index (χ1n) is 9.14. The predicted molar refractivity (Wildman–Crippen MR) is 105 cm³/mol. The molecule has 0 bridgehead atoms. The zero-order valence-corrected chi connectivity index (χ0v) is 16.0. The van der Waals surface area contributed by atoms with Crippen molar-refractivity contribution in [3.63, 3.8) is 0 Å². The van der Waals surface area contributed by atoms with Gasteiger partial charge in [0, 0.05) is 23.2 Å². The number of nitrogens with one attached hydrogen (secondary N) is 2. The second kappa shape index (κ2) is 6.74. The number of nitrogens with zero attached hydrogens (tertiary/aromatic N) is 2. The van der Waals surface area contributed by atoms with Gasteiger partial charge in [-0.2, -0.15) is 0 Å². The van der Waals surface area contributed by atoms with Crippen molar-refractivity contribution in [2.45, 2.75) is 27.3 Å². The van der Waals surface area contributed by atoms with Crippen LogP contribution in [0.1, 0.15) is 32.9 Å². The standard InChI is InChI=1S/C21H21FN4O2/c1-11-5-4-6-17(22)16(11)8-23-20-19-15(12(2)13(3)24-19)7-18(25-20)21(28)26-9-14(27)10-26/h4-7,24H,8-10H2,1-3H3,(H,23,25). The van der Waals surface area contributed by atoms with E-state index in [1.807, 2.05) is 26.8 Å². The van der Waals surface area contributed by atoms with E-state index in [2.05, 4.69) is 15.3 Å². The Morgan fingerprint density at radius 1 is 1.29 bits per heavy atom. The van der Waals surface area contributed by atoms with Crippen LogP contribution in [0.25, 0.3) is 10.9 Å². The number of anilines is 1. The van der Waals surface area contributed by atoms with Gasteiger partial charge < -0.3 is 15.2 Å². The molecular weight excluding hydrogens is 359 g/mol. The second-order valence-electron chi connectivity index (χ2n) is 7.24. The number of aromatic amines is 1. The van der Waals surface area contributed by atoms with Gasteiger partial charge in [-0.25, -0.2) is 9.37 Å². The molecule has 1 fully saturated rings. The number of ketones is 1. The molecule has 0 aliphatic carbocycles. The number of aromatic nitrogens is 2. The Labute approximate surface area is 161 Å². The number of rotatable bonds is 4. The fraction of sp³-hybridized carbons (Fsp3) is 0.286. The van der Waals surface area contributed by atoms with Gasteiger partial charge in [-0.05, 0) is 44.0 Å². The number of halogens is 1. The third kappa shape index (κ3) is 3.02. The number of hydrogen-bond donors (Lipinski definition) is 2. The summed E-state index contributed by atoms with van der Waals surface area (Å²) in [6.07, 6.45) is 0. The van der Waals surface area contributed by atoms with Gasteiger partial charge in [-0.1, -0.05) is 12.1 Å². The number of aryl methyl sites for hydroxylation is 3. The maximum atomic E-state index is 14.2. The van der Waals surface area contributed by atoms with Crippen molar-refractivity contribution in [2.75, 3.05) is 18.4 Å². The summed E-state index contributed by atoms with van der Waals surface area (Å²) in [6.45, 7) is 6.28. The number of carbonyl (C=O) groups excluding carboxylic acids is 2. The molecule has 1 amide bonds. The zero-order chi connectivity index (χ0) is 20.0. The highest BCUT2D eigenvalue weighted by Crippen LogP contribution is 2.29. The first-order valence-corrected chi connectivity index (χ1v) is 9.14. The monoisotopic (exact) mass is 380 g/mol. The van der Waals surface area contributed by atoms with Gasteiger partial charge in [0.1, 0.15) is 11.5 Å². The summed E-state index contributed by atoms with van der Waals surface area (Å²) >= 11 is 0. The largest absolute Gasteiger partial charge is 0.364 e. The van der Waals surface area contributed by atoms with Gasteiger partial charge in [0.05, 0.1) is 18.6 Å². The molecule has 0 radical (unpaired) electrons. The topological polar surface area (TPSA) is 78.1 Å². The van der Waals surface area contributed by atoms with Gasteiger partial charge in [0.15, 0.2) is 11.6 Å². The van der Waals surface area contributed by atoms with Gasteiger partial charge in [0.25, 0.3) is 5.91 Å². The summed E-state index contributed by atoms with van der Waals surface area (Å²) in [4.78, 5) is 33.2. The number of amides is 1. The molecule has 3 aromatic rings. The highest BCUT2D eigenvalue weighted by atomic mass is 19.1.